The second kappa shape index (κ2) is 6.38. The summed E-state index contributed by atoms with van der Waals surface area (Å²) in [6, 6.07) is 3.91. The van der Waals surface area contributed by atoms with Crippen LogP contribution < -0.4 is 0 Å². The largest absolute Gasteiger partial charge is 0.463 e. The molecular formula is C11H14O2S. The summed E-state index contributed by atoms with van der Waals surface area (Å²) in [5, 5.41) is 1.97. The topological polar surface area (TPSA) is 26.3 Å². The van der Waals surface area contributed by atoms with Gasteiger partial charge < -0.3 is 4.74 Å². The highest BCUT2D eigenvalue weighted by atomic mass is 32.1. The van der Waals surface area contributed by atoms with E-state index in [0.717, 1.165) is 17.7 Å². The minimum atomic E-state index is -0.258. The maximum Gasteiger partial charge on any atom is 0.330 e. The van der Waals surface area contributed by atoms with Crippen molar-refractivity contribution >= 4 is 23.4 Å². The Morgan fingerprint density at radius 2 is 2.50 bits per heavy atom. The first-order valence-corrected chi connectivity index (χ1v) is 5.59. The molecule has 3 heteroatoms. The van der Waals surface area contributed by atoms with Gasteiger partial charge in [0.15, 0.2) is 0 Å². The Hall–Kier alpha value is -1.09. The van der Waals surface area contributed by atoms with Crippen molar-refractivity contribution in [3.63, 3.8) is 0 Å². The van der Waals surface area contributed by atoms with Gasteiger partial charge in [-0.1, -0.05) is 19.4 Å². The van der Waals surface area contributed by atoms with E-state index < -0.39 is 0 Å². The molecule has 0 amide bonds. The van der Waals surface area contributed by atoms with Gasteiger partial charge in [-0.2, -0.15) is 0 Å². The van der Waals surface area contributed by atoms with Crippen molar-refractivity contribution in [2.45, 2.75) is 19.8 Å². The molecule has 0 fully saturated rings. The average molecular weight is 210 g/mol. The fourth-order valence-corrected chi connectivity index (χ4v) is 1.52. The predicted octanol–water partition coefficient (Wildman–Crippen LogP) is 3.10. The fourth-order valence-electron chi connectivity index (χ4n) is 0.901. The van der Waals surface area contributed by atoms with E-state index in [1.807, 2.05) is 17.5 Å². The van der Waals surface area contributed by atoms with Gasteiger partial charge in [-0.05, 0) is 23.9 Å². The van der Waals surface area contributed by atoms with Gasteiger partial charge in [0.05, 0.1) is 6.61 Å². The van der Waals surface area contributed by atoms with E-state index >= 15 is 0 Å². The normalized spacial score (nSPS) is 10.6. The molecule has 0 aliphatic rings. The van der Waals surface area contributed by atoms with Gasteiger partial charge in [-0.25, -0.2) is 4.79 Å². The zero-order chi connectivity index (χ0) is 10.2. The van der Waals surface area contributed by atoms with Crippen LogP contribution in [-0.2, 0) is 9.53 Å². The van der Waals surface area contributed by atoms with E-state index in [1.165, 1.54) is 6.08 Å². The van der Waals surface area contributed by atoms with E-state index in [0.29, 0.717) is 6.61 Å². The van der Waals surface area contributed by atoms with Crippen molar-refractivity contribution in [1.82, 2.24) is 0 Å². The Balaban J connectivity index is 2.26. The highest BCUT2D eigenvalue weighted by Crippen LogP contribution is 2.10. The second-order valence-corrected chi connectivity index (χ2v) is 3.85. The Bertz CT molecular complexity index is 288. The molecule has 0 aromatic carbocycles. The number of esters is 1. The van der Waals surface area contributed by atoms with Crippen molar-refractivity contribution < 1.29 is 9.53 Å². The molecule has 0 bridgehead atoms. The summed E-state index contributed by atoms with van der Waals surface area (Å²) in [5.41, 5.74) is 0. The number of hydrogen-bond donors (Lipinski definition) is 0. The lowest BCUT2D eigenvalue weighted by Gasteiger charge is -1.98. The standard InChI is InChI=1S/C11H14O2S/c1-2-3-8-13-11(12)7-6-10-5-4-9-14-10/h4-7,9H,2-3,8H2,1H3/b7-6+. The first-order chi connectivity index (χ1) is 6.83. The fraction of sp³-hybridized carbons (Fsp3) is 0.364. The highest BCUT2D eigenvalue weighted by molar-refractivity contribution is 7.10. The summed E-state index contributed by atoms with van der Waals surface area (Å²) < 4.78 is 4.96. The van der Waals surface area contributed by atoms with Crippen LogP contribution in [-0.4, -0.2) is 12.6 Å². The third kappa shape index (κ3) is 4.23. The Labute approximate surface area is 88.2 Å². The minimum Gasteiger partial charge on any atom is -0.463 e. The number of carbonyl (C=O) groups is 1. The van der Waals surface area contributed by atoms with Crippen LogP contribution in [0.3, 0.4) is 0 Å². The number of unbranched alkanes of at least 4 members (excludes halogenated alkanes) is 1. The maximum absolute atomic E-state index is 11.1. The summed E-state index contributed by atoms with van der Waals surface area (Å²) in [6.07, 6.45) is 5.22. The number of hydrogen-bond acceptors (Lipinski definition) is 3. The molecule has 1 heterocycles. The maximum atomic E-state index is 11.1. The Morgan fingerprint density at radius 1 is 1.64 bits per heavy atom. The van der Waals surface area contributed by atoms with E-state index in [1.54, 1.807) is 17.4 Å². The SMILES string of the molecule is CCCCOC(=O)/C=C/c1cccs1. The van der Waals surface area contributed by atoms with Crippen LogP contribution in [0.1, 0.15) is 24.6 Å². The van der Waals surface area contributed by atoms with Crippen LogP contribution >= 0.6 is 11.3 Å². The first-order valence-electron chi connectivity index (χ1n) is 4.71. The first kappa shape index (κ1) is 11.0. The molecule has 14 heavy (non-hydrogen) atoms. The van der Waals surface area contributed by atoms with Gasteiger partial charge in [-0.3, -0.25) is 0 Å². The Kier molecular flexibility index (Phi) is 5.00. The van der Waals surface area contributed by atoms with Crippen LogP contribution in [0, 0.1) is 0 Å². The second-order valence-electron chi connectivity index (χ2n) is 2.87. The molecule has 0 aliphatic carbocycles. The minimum absolute atomic E-state index is 0.258. The molecule has 0 saturated heterocycles. The lowest BCUT2D eigenvalue weighted by molar-refractivity contribution is -0.137. The molecule has 0 unspecified atom stereocenters. The summed E-state index contributed by atoms with van der Waals surface area (Å²) in [5.74, 6) is -0.258. The third-order valence-corrected chi connectivity index (χ3v) is 2.51. The molecule has 0 aliphatic heterocycles. The molecule has 0 radical (unpaired) electrons. The third-order valence-electron chi connectivity index (χ3n) is 1.67. The monoisotopic (exact) mass is 210 g/mol. The van der Waals surface area contributed by atoms with Crippen molar-refractivity contribution in [3.8, 4) is 0 Å². The van der Waals surface area contributed by atoms with Crippen molar-refractivity contribution in [1.29, 1.82) is 0 Å². The van der Waals surface area contributed by atoms with Crippen molar-refractivity contribution in [3.05, 3.63) is 28.5 Å². The number of ether oxygens (including phenoxy) is 1. The van der Waals surface area contributed by atoms with Crippen LogP contribution in [0.5, 0.6) is 0 Å². The van der Waals surface area contributed by atoms with Gasteiger partial charge in [0.1, 0.15) is 0 Å². The summed E-state index contributed by atoms with van der Waals surface area (Å²) in [4.78, 5) is 12.2. The summed E-state index contributed by atoms with van der Waals surface area (Å²) >= 11 is 1.60. The van der Waals surface area contributed by atoms with Gasteiger partial charge in [-0.15, -0.1) is 11.3 Å². The summed E-state index contributed by atoms with van der Waals surface area (Å²) in [7, 11) is 0. The van der Waals surface area contributed by atoms with Gasteiger partial charge >= 0.3 is 5.97 Å². The molecule has 1 rings (SSSR count). The van der Waals surface area contributed by atoms with Crippen molar-refractivity contribution in [2.75, 3.05) is 6.61 Å². The lowest BCUT2D eigenvalue weighted by Crippen LogP contribution is -2.01. The predicted molar refractivity (Wildman–Crippen MR) is 59.2 cm³/mol. The molecule has 1 aromatic rings. The molecular weight excluding hydrogens is 196 g/mol. The molecule has 2 nitrogen and oxygen atoms in total. The van der Waals surface area contributed by atoms with Crippen molar-refractivity contribution in [2.24, 2.45) is 0 Å². The smallest absolute Gasteiger partial charge is 0.330 e. The quantitative estimate of drug-likeness (QED) is 0.424. The molecule has 0 spiro atoms. The van der Waals surface area contributed by atoms with Crippen LogP contribution in [0.2, 0.25) is 0 Å². The van der Waals surface area contributed by atoms with Gasteiger partial charge in [0.2, 0.25) is 0 Å². The van der Waals surface area contributed by atoms with E-state index in [2.05, 4.69) is 6.92 Å². The molecule has 0 atom stereocenters. The lowest BCUT2D eigenvalue weighted by atomic mass is 10.4. The molecule has 0 N–H and O–H groups in total. The van der Waals surface area contributed by atoms with Crippen LogP contribution in [0.4, 0.5) is 0 Å². The number of rotatable bonds is 5. The number of carbonyl (C=O) groups excluding carboxylic acids is 1. The van der Waals surface area contributed by atoms with Crippen LogP contribution in [0.15, 0.2) is 23.6 Å². The molecule has 0 saturated carbocycles. The van der Waals surface area contributed by atoms with Crippen LogP contribution in [0.25, 0.3) is 6.08 Å². The highest BCUT2D eigenvalue weighted by Gasteiger charge is 1.95. The summed E-state index contributed by atoms with van der Waals surface area (Å²) in [6.45, 7) is 2.58. The average Bonchev–Trinajstić information content (AvgIpc) is 2.68. The van der Waals surface area contributed by atoms with Gasteiger partial charge in [0, 0.05) is 11.0 Å². The zero-order valence-corrected chi connectivity index (χ0v) is 9.05. The number of thiophene rings is 1. The van der Waals surface area contributed by atoms with Gasteiger partial charge in [0.25, 0.3) is 0 Å². The molecule has 76 valence electrons. The molecule has 1 aromatic heterocycles. The van der Waals surface area contributed by atoms with E-state index in [-0.39, 0.29) is 5.97 Å². The van der Waals surface area contributed by atoms with E-state index in [4.69, 9.17) is 4.74 Å². The zero-order valence-electron chi connectivity index (χ0n) is 8.23. The Morgan fingerprint density at radius 3 is 3.14 bits per heavy atom. The van der Waals surface area contributed by atoms with E-state index in [9.17, 15) is 4.79 Å².